The number of aromatic nitrogens is 1. The summed E-state index contributed by atoms with van der Waals surface area (Å²) >= 11 is 0. The number of pyridine rings is 1. The monoisotopic (exact) mass is 159 g/mol. The molecule has 0 radical (unpaired) electrons. The van der Waals surface area contributed by atoms with E-state index in [4.69, 9.17) is 0 Å². The topological polar surface area (TPSA) is 12.9 Å². The zero-order valence-corrected chi connectivity index (χ0v) is 7.54. The summed E-state index contributed by atoms with van der Waals surface area (Å²) in [6.45, 7) is 7.87. The van der Waals surface area contributed by atoms with Crippen molar-refractivity contribution in [1.82, 2.24) is 4.98 Å². The van der Waals surface area contributed by atoms with Crippen LogP contribution in [0.2, 0.25) is 0 Å². The first-order chi connectivity index (χ1) is 5.75. The molecule has 0 N–H and O–H groups in total. The summed E-state index contributed by atoms with van der Waals surface area (Å²) in [5.41, 5.74) is 3.17. The van der Waals surface area contributed by atoms with E-state index in [2.05, 4.69) is 11.6 Å². The van der Waals surface area contributed by atoms with E-state index in [1.54, 1.807) is 6.20 Å². The van der Waals surface area contributed by atoms with Crippen LogP contribution in [0, 0.1) is 0 Å². The fourth-order valence-electron chi connectivity index (χ4n) is 1.07. The lowest BCUT2D eigenvalue weighted by Gasteiger charge is -2.02. The van der Waals surface area contributed by atoms with E-state index < -0.39 is 0 Å². The van der Waals surface area contributed by atoms with E-state index >= 15 is 0 Å². The Balaban J connectivity index is 3.17. The molecule has 1 aromatic heterocycles. The van der Waals surface area contributed by atoms with Crippen LogP contribution in [0.15, 0.2) is 31.0 Å². The fraction of sp³-hybridized carbons (Fsp3) is 0.182. The Labute approximate surface area is 73.5 Å². The first kappa shape index (κ1) is 8.72. The van der Waals surface area contributed by atoms with Crippen molar-refractivity contribution in [2.45, 2.75) is 13.8 Å². The van der Waals surface area contributed by atoms with E-state index in [0.29, 0.717) is 0 Å². The third-order valence-corrected chi connectivity index (χ3v) is 1.62. The Hall–Kier alpha value is -1.37. The Morgan fingerprint density at radius 1 is 1.58 bits per heavy atom. The average Bonchev–Trinajstić information content (AvgIpc) is 2.05. The highest BCUT2D eigenvalue weighted by Crippen LogP contribution is 2.15. The molecule has 1 heteroatoms. The molecule has 0 atom stereocenters. The maximum atomic E-state index is 4.24. The summed E-state index contributed by atoms with van der Waals surface area (Å²) in [7, 11) is 0. The van der Waals surface area contributed by atoms with Gasteiger partial charge in [-0.15, -0.1) is 0 Å². The highest BCUT2D eigenvalue weighted by atomic mass is 14.7. The van der Waals surface area contributed by atoms with Gasteiger partial charge in [0.25, 0.3) is 0 Å². The van der Waals surface area contributed by atoms with Crippen LogP contribution in [-0.2, 0) is 0 Å². The standard InChI is InChI=1S/C11H13N/c1-4-6-11-10(9(2)3)7-5-8-12-11/h4-8H,2H2,1,3H3/b6-4-. The molecule has 0 fully saturated rings. The average molecular weight is 159 g/mol. The van der Waals surface area contributed by atoms with Crippen molar-refractivity contribution in [1.29, 1.82) is 0 Å². The first-order valence-corrected chi connectivity index (χ1v) is 3.99. The molecule has 0 unspecified atom stereocenters. The van der Waals surface area contributed by atoms with Crippen LogP contribution >= 0.6 is 0 Å². The van der Waals surface area contributed by atoms with Gasteiger partial charge in [0.2, 0.25) is 0 Å². The summed E-state index contributed by atoms with van der Waals surface area (Å²) in [4.78, 5) is 4.24. The predicted octanol–water partition coefficient (Wildman–Crippen LogP) is 3.15. The van der Waals surface area contributed by atoms with Gasteiger partial charge in [-0.2, -0.15) is 0 Å². The van der Waals surface area contributed by atoms with Crippen molar-refractivity contribution < 1.29 is 0 Å². The number of rotatable bonds is 2. The number of allylic oxidation sites excluding steroid dienone is 2. The predicted molar refractivity (Wildman–Crippen MR) is 53.7 cm³/mol. The van der Waals surface area contributed by atoms with Crippen LogP contribution < -0.4 is 0 Å². The van der Waals surface area contributed by atoms with Gasteiger partial charge in [-0.1, -0.05) is 18.7 Å². The molecule has 62 valence electrons. The van der Waals surface area contributed by atoms with Crippen molar-refractivity contribution in [3.05, 3.63) is 42.2 Å². The SMILES string of the molecule is C=C(C)c1cccnc1/C=C\C. The van der Waals surface area contributed by atoms with Crippen LogP contribution in [0.25, 0.3) is 11.6 Å². The molecule has 1 rings (SSSR count). The van der Waals surface area contributed by atoms with E-state index in [9.17, 15) is 0 Å². The van der Waals surface area contributed by atoms with Crippen LogP contribution in [-0.4, -0.2) is 4.98 Å². The Kier molecular flexibility index (Phi) is 2.81. The summed E-state index contributed by atoms with van der Waals surface area (Å²) in [6.07, 6.45) is 5.76. The van der Waals surface area contributed by atoms with Crippen molar-refractivity contribution in [3.63, 3.8) is 0 Å². The Morgan fingerprint density at radius 2 is 2.33 bits per heavy atom. The molecule has 0 bridgehead atoms. The van der Waals surface area contributed by atoms with Crippen molar-refractivity contribution in [2.75, 3.05) is 0 Å². The molecular formula is C11H13N. The second kappa shape index (κ2) is 3.86. The lowest BCUT2D eigenvalue weighted by Crippen LogP contribution is -1.87. The fourth-order valence-corrected chi connectivity index (χ4v) is 1.07. The summed E-state index contributed by atoms with van der Waals surface area (Å²) in [6, 6.07) is 3.96. The van der Waals surface area contributed by atoms with Gasteiger partial charge in [0.05, 0.1) is 5.69 Å². The van der Waals surface area contributed by atoms with Gasteiger partial charge in [-0.05, 0) is 31.6 Å². The Morgan fingerprint density at radius 3 is 2.92 bits per heavy atom. The maximum Gasteiger partial charge on any atom is 0.0701 e. The molecule has 0 aliphatic rings. The van der Waals surface area contributed by atoms with E-state index in [-0.39, 0.29) is 0 Å². The zero-order valence-electron chi connectivity index (χ0n) is 7.54. The molecule has 0 saturated carbocycles. The molecule has 0 saturated heterocycles. The lowest BCUT2D eigenvalue weighted by atomic mass is 10.1. The minimum Gasteiger partial charge on any atom is -0.256 e. The van der Waals surface area contributed by atoms with Crippen LogP contribution in [0.4, 0.5) is 0 Å². The van der Waals surface area contributed by atoms with Gasteiger partial charge < -0.3 is 0 Å². The summed E-state index contributed by atoms with van der Waals surface area (Å²) < 4.78 is 0. The maximum absolute atomic E-state index is 4.24. The van der Waals surface area contributed by atoms with Crippen LogP contribution in [0.5, 0.6) is 0 Å². The third-order valence-electron chi connectivity index (χ3n) is 1.62. The normalized spacial score (nSPS) is 10.5. The van der Waals surface area contributed by atoms with Gasteiger partial charge in [-0.3, -0.25) is 4.98 Å². The molecular weight excluding hydrogens is 146 g/mol. The highest BCUT2D eigenvalue weighted by Gasteiger charge is 1.98. The quantitative estimate of drug-likeness (QED) is 0.646. The molecule has 1 aromatic rings. The minimum atomic E-state index is 0.993. The molecule has 12 heavy (non-hydrogen) atoms. The molecule has 0 aliphatic carbocycles. The van der Waals surface area contributed by atoms with E-state index in [0.717, 1.165) is 16.8 Å². The molecule has 0 amide bonds. The summed E-state index contributed by atoms with van der Waals surface area (Å²) in [5.74, 6) is 0. The second-order valence-electron chi connectivity index (χ2n) is 2.72. The number of nitrogens with zero attached hydrogens (tertiary/aromatic N) is 1. The van der Waals surface area contributed by atoms with Crippen LogP contribution in [0.1, 0.15) is 25.1 Å². The zero-order chi connectivity index (χ0) is 8.97. The van der Waals surface area contributed by atoms with Crippen molar-refractivity contribution in [2.24, 2.45) is 0 Å². The van der Waals surface area contributed by atoms with Crippen molar-refractivity contribution in [3.8, 4) is 0 Å². The molecule has 1 heterocycles. The molecule has 0 aliphatic heterocycles. The van der Waals surface area contributed by atoms with Gasteiger partial charge in [-0.25, -0.2) is 0 Å². The number of hydrogen-bond donors (Lipinski definition) is 0. The van der Waals surface area contributed by atoms with Gasteiger partial charge in [0, 0.05) is 11.8 Å². The minimum absolute atomic E-state index is 0.993. The smallest absolute Gasteiger partial charge is 0.0701 e. The van der Waals surface area contributed by atoms with Gasteiger partial charge >= 0.3 is 0 Å². The molecule has 1 nitrogen and oxygen atoms in total. The second-order valence-corrected chi connectivity index (χ2v) is 2.72. The Bertz CT molecular complexity index is 311. The van der Waals surface area contributed by atoms with Gasteiger partial charge in [0.15, 0.2) is 0 Å². The molecule has 0 spiro atoms. The van der Waals surface area contributed by atoms with Crippen LogP contribution in [0.3, 0.4) is 0 Å². The van der Waals surface area contributed by atoms with Gasteiger partial charge in [0.1, 0.15) is 0 Å². The number of hydrogen-bond acceptors (Lipinski definition) is 1. The first-order valence-electron chi connectivity index (χ1n) is 3.99. The summed E-state index contributed by atoms with van der Waals surface area (Å²) in [5, 5.41) is 0. The molecule has 0 aromatic carbocycles. The van der Waals surface area contributed by atoms with Crippen molar-refractivity contribution >= 4 is 11.6 Å². The highest BCUT2D eigenvalue weighted by molar-refractivity contribution is 5.69. The largest absolute Gasteiger partial charge is 0.256 e. The lowest BCUT2D eigenvalue weighted by molar-refractivity contribution is 1.27. The van der Waals surface area contributed by atoms with E-state index in [1.165, 1.54) is 0 Å². The van der Waals surface area contributed by atoms with E-state index in [1.807, 2.05) is 38.1 Å². The third kappa shape index (κ3) is 1.82.